The smallest absolute Gasteiger partial charge is 0.462 e. The Labute approximate surface area is 159 Å². The molecule has 0 saturated carbocycles. The molecule has 0 aliphatic carbocycles. The number of fused-ring (bicyclic) bond motifs is 1. The molecule has 6 heteroatoms. The molecule has 1 atom stereocenters. The van der Waals surface area contributed by atoms with Crippen LogP contribution in [0.25, 0.3) is 0 Å². The van der Waals surface area contributed by atoms with E-state index in [9.17, 15) is 0 Å². The molecule has 0 amide bonds. The van der Waals surface area contributed by atoms with Crippen molar-refractivity contribution in [2.45, 2.75) is 72.7 Å². The summed E-state index contributed by atoms with van der Waals surface area (Å²) in [6, 6.07) is 6.09. The van der Waals surface area contributed by atoms with Crippen molar-refractivity contribution in [3.05, 3.63) is 23.8 Å². The third-order valence-corrected chi connectivity index (χ3v) is 7.53. The van der Waals surface area contributed by atoms with Crippen molar-refractivity contribution in [3.8, 4) is 5.75 Å². The second-order valence-electron chi connectivity index (χ2n) is 6.66. The number of benzene rings is 1. The van der Waals surface area contributed by atoms with Crippen molar-refractivity contribution in [2.24, 2.45) is 0 Å². The van der Waals surface area contributed by atoms with Gasteiger partial charge >= 0.3 is 8.80 Å². The summed E-state index contributed by atoms with van der Waals surface area (Å²) < 4.78 is 30.3. The fourth-order valence-electron chi connectivity index (χ4n) is 3.24. The topological polar surface area (TPSA) is 46.2 Å². The Hall–Kier alpha value is -0.923. The van der Waals surface area contributed by atoms with Gasteiger partial charge < -0.3 is 22.8 Å². The van der Waals surface area contributed by atoms with Crippen LogP contribution in [0.3, 0.4) is 0 Å². The average Bonchev–Trinajstić information content (AvgIpc) is 2.62. The highest BCUT2D eigenvalue weighted by molar-refractivity contribution is 6.75. The second-order valence-corrected chi connectivity index (χ2v) is 9.22. The predicted octanol–water partition coefficient (Wildman–Crippen LogP) is 4.15. The fraction of sp³-hybridized carbons (Fsp3) is 0.700. The predicted molar refractivity (Wildman–Crippen MR) is 105 cm³/mol. The van der Waals surface area contributed by atoms with Crippen LogP contribution in [0.5, 0.6) is 5.75 Å². The number of rotatable bonds is 11. The first-order valence-corrected chi connectivity index (χ1v) is 11.6. The number of hydrogen-bond acceptors (Lipinski definition) is 5. The van der Waals surface area contributed by atoms with E-state index in [-0.39, 0.29) is 0 Å². The number of hydrogen-bond donors (Lipinski definition) is 0. The highest BCUT2D eigenvalue weighted by atomic mass is 28.4. The molecule has 1 unspecified atom stereocenters. The molecule has 0 fully saturated rings. The van der Waals surface area contributed by atoms with Gasteiger partial charge in [0.05, 0.1) is 6.61 Å². The Kier molecular flexibility index (Phi) is 8.10. The molecule has 0 aromatic heterocycles. The largest absolute Gasteiger partial charge is 0.537 e. The zero-order valence-electron chi connectivity index (χ0n) is 16.9. The molecule has 1 aromatic carbocycles. The first-order valence-electron chi connectivity index (χ1n) is 9.90. The van der Waals surface area contributed by atoms with Gasteiger partial charge in [-0.15, -0.1) is 0 Å². The van der Waals surface area contributed by atoms with Crippen LogP contribution in [-0.4, -0.2) is 34.4 Å². The van der Waals surface area contributed by atoms with Gasteiger partial charge in [0.25, 0.3) is 0 Å². The maximum absolute atomic E-state index is 6.18. The summed E-state index contributed by atoms with van der Waals surface area (Å²) in [5.41, 5.74) is 1.02. The van der Waals surface area contributed by atoms with Crippen LogP contribution < -0.4 is 9.92 Å². The van der Waals surface area contributed by atoms with Crippen LogP contribution >= 0.6 is 0 Å². The zero-order valence-corrected chi connectivity index (χ0v) is 17.9. The molecular formula is C20H34O5Si. The quantitative estimate of drug-likeness (QED) is 0.425. The maximum atomic E-state index is 6.18. The van der Waals surface area contributed by atoms with Gasteiger partial charge in [0.2, 0.25) is 5.79 Å². The summed E-state index contributed by atoms with van der Waals surface area (Å²) in [6.45, 7) is 12.3. The van der Waals surface area contributed by atoms with Crippen LogP contribution in [0.1, 0.15) is 65.9 Å². The van der Waals surface area contributed by atoms with Gasteiger partial charge in [-0.05, 0) is 39.3 Å². The lowest BCUT2D eigenvalue weighted by molar-refractivity contribution is -0.198. The van der Waals surface area contributed by atoms with Gasteiger partial charge in [0.1, 0.15) is 5.75 Å². The van der Waals surface area contributed by atoms with Crippen molar-refractivity contribution in [1.82, 2.24) is 0 Å². The van der Waals surface area contributed by atoms with Crippen molar-refractivity contribution in [1.29, 1.82) is 0 Å². The Morgan fingerprint density at radius 1 is 1.00 bits per heavy atom. The summed E-state index contributed by atoms with van der Waals surface area (Å²) in [5.74, 6) is 0.337. The van der Waals surface area contributed by atoms with Gasteiger partial charge in [-0.3, -0.25) is 0 Å². The third-order valence-electron chi connectivity index (χ3n) is 4.51. The van der Waals surface area contributed by atoms with Crippen LogP contribution in [0, 0.1) is 0 Å². The van der Waals surface area contributed by atoms with E-state index >= 15 is 0 Å². The number of unbranched alkanes of at least 4 members (excludes halogenated alkanes) is 2. The minimum Gasteiger partial charge on any atom is -0.462 e. The summed E-state index contributed by atoms with van der Waals surface area (Å²) in [5, 5.41) is 0.962. The first-order chi connectivity index (χ1) is 12.5. The van der Waals surface area contributed by atoms with E-state index in [4.69, 9.17) is 22.8 Å². The van der Waals surface area contributed by atoms with E-state index in [1.54, 1.807) is 0 Å². The summed E-state index contributed by atoms with van der Waals surface area (Å²) >= 11 is 0. The Balaban J connectivity index is 2.22. The van der Waals surface area contributed by atoms with Crippen molar-refractivity contribution in [2.75, 3.05) is 19.8 Å². The summed E-state index contributed by atoms with van der Waals surface area (Å²) in [7, 11) is -2.90. The van der Waals surface area contributed by atoms with Crippen LogP contribution in [0.2, 0.25) is 0 Å². The Morgan fingerprint density at radius 3 is 2.23 bits per heavy atom. The van der Waals surface area contributed by atoms with E-state index in [1.807, 2.05) is 39.8 Å². The Bertz CT molecular complexity index is 548. The highest BCUT2D eigenvalue weighted by Gasteiger charge is 2.44. The Morgan fingerprint density at radius 2 is 1.65 bits per heavy atom. The lowest BCUT2D eigenvalue weighted by atomic mass is 10.1. The van der Waals surface area contributed by atoms with Gasteiger partial charge in [-0.2, -0.15) is 0 Å². The molecule has 1 aromatic rings. The lowest BCUT2D eigenvalue weighted by Gasteiger charge is -2.36. The molecule has 1 heterocycles. The molecule has 0 radical (unpaired) electrons. The molecular weight excluding hydrogens is 348 g/mol. The summed E-state index contributed by atoms with van der Waals surface area (Å²) in [4.78, 5) is 0. The van der Waals surface area contributed by atoms with Crippen molar-refractivity contribution in [3.63, 3.8) is 0 Å². The van der Waals surface area contributed by atoms with E-state index in [0.717, 1.165) is 29.3 Å². The lowest BCUT2D eigenvalue weighted by Crippen LogP contribution is -2.57. The summed E-state index contributed by atoms with van der Waals surface area (Å²) in [6.07, 6.45) is 4.39. The van der Waals surface area contributed by atoms with E-state index in [2.05, 4.69) is 13.0 Å². The van der Waals surface area contributed by atoms with E-state index in [1.165, 1.54) is 12.8 Å². The molecule has 0 saturated heterocycles. The van der Waals surface area contributed by atoms with Crippen LogP contribution in [-0.2, 0) is 24.6 Å². The normalized spacial score (nSPS) is 19.9. The molecule has 26 heavy (non-hydrogen) atoms. The molecule has 0 spiro atoms. The molecule has 5 nitrogen and oxygen atoms in total. The molecule has 0 N–H and O–H groups in total. The standard InChI is InChI=1S/C20H34O5Si/c1-6-10-11-14-20(5)21-16-17-15-18(12-13-19(17)25-20)26(22-7-2,23-8-3)24-9-4/h12-13,15H,6-11,14,16H2,1-5H3. The van der Waals surface area contributed by atoms with Gasteiger partial charge in [-0.1, -0.05) is 25.8 Å². The minimum absolute atomic E-state index is 0.528. The third kappa shape index (κ3) is 5.08. The van der Waals surface area contributed by atoms with Gasteiger partial charge in [-0.25, -0.2) is 0 Å². The van der Waals surface area contributed by atoms with Gasteiger partial charge in [0, 0.05) is 43.9 Å². The van der Waals surface area contributed by atoms with Crippen molar-refractivity contribution < 1.29 is 22.8 Å². The average molecular weight is 383 g/mol. The maximum Gasteiger partial charge on any atom is 0.537 e. The molecule has 148 valence electrons. The van der Waals surface area contributed by atoms with Crippen molar-refractivity contribution >= 4 is 14.0 Å². The highest BCUT2D eigenvalue weighted by Crippen LogP contribution is 2.34. The molecule has 0 bridgehead atoms. The van der Waals surface area contributed by atoms with E-state index < -0.39 is 14.6 Å². The molecule has 1 aliphatic rings. The minimum atomic E-state index is -2.90. The van der Waals surface area contributed by atoms with Crippen LogP contribution in [0.15, 0.2) is 18.2 Å². The number of ether oxygens (including phenoxy) is 2. The van der Waals surface area contributed by atoms with Crippen LogP contribution in [0.4, 0.5) is 0 Å². The fourth-order valence-corrected chi connectivity index (χ4v) is 5.77. The molecule has 2 rings (SSSR count). The first kappa shape index (κ1) is 21.4. The second kappa shape index (κ2) is 9.85. The zero-order chi connectivity index (χ0) is 19.0. The van der Waals surface area contributed by atoms with Gasteiger partial charge in [0.15, 0.2) is 0 Å². The monoisotopic (exact) mass is 382 g/mol. The van der Waals surface area contributed by atoms with E-state index in [0.29, 0.717) is 26.4 Å². The SMILES string of the molecule is CCCCCC1(C)OCc2cc([Si](OCC)(OCC)OCC)ccc2O1. The molecule has 1 aliphatic heterocycles.